The zero-order chi connectivity index (χ0) is 17.6. The maximum Gasteiger partial charge on any atom is 0.244 e. The molecule has 0 spiro atoms. The number of aromatic amines is 1. The number of sulfonamides is 1. The van der Waals surface area contributed by atoms with E-state index in [2.05, 4.69) is 9.97 Å². The van der Waals surface area contributed by atoms with Crippen molar-refractivity contribution < 1.29 is 8.42 Å². The molecule has 0 aliphatic carbocycles. The summed E-state index contributed by atoms with van der Waals surface area (Å²) in [4.78, 5) is 8.31. The molecule has 1 aliphatic rings. The molecule has 3 aromatic rings. The third-order valence-corrected chi connectivity index (χ3v) is 6.91. The molecule has 1 aromatic heterocycles. The number of imidazole rings is 1. The molecule has 5 nitrogen and oxygen atoms in total. The smallest absolute Gasteiger partial charge is 0.244 e. The Hall–Kier alpha value is -2.18. The molecule has 1 saturated heterocycles. The van der Waals surface area contributed by atoms with Gasteiger partial charge >= 0.3 is 0 Å². The van der Waals surface area contributed by atoms with Crippen LogP contribution in [0.2, 0.25) is 0 Å². The van der Waals surface area contributed by atoms with E-state index < -0.39 is 10.0 Å². The number of hydrogen-bond acceptors (Lipinski definition) is 3. The first-order chi connectivity index (χ1) is 12.0. The lowest BCUT2D eigenvalue weighted by Gasteiger charge is -2.23. The number of aryl methyl sites for hydroxylation is 2. The van der Waals surface area contributed by atoms with Crippen LogP contribution in [0.25, 0.3) is 11.0 Å². The van der Waals surface area contributed by atoms with E-state index in [4.69, 9.17) is 0 Å². The first-order valence-corrected chi connectivity index (χ1v) is 9.94. The highest BCUT2D eigenvalue weighted by Crippen LogP contribution is 2.36. The second kappa shape index (κ2) is 5.97. The van der Waals surface area contributed by atoms with E-state index >= 15 is 0 Å². The Morgan fingerprint density at radius 1 is 1.16 bits per heavy atom. The minimum Gasteiger partial charge on any atom is -0.341 e. The summed E-state index contributed by atoms with van der Waals surface area (Å²) in [7, 11) is -3.55. The summed E-state index contributed by atoms with van der Waals surface area (Å²) >= 11 is 0. The Kier molecular flexibility index (Phi) is 3.89. The van der Waals surface area contributed by atoms with Crippen molar-refractivity contribution in [2.75, 3.05) is 6.54 Å². The van der Waals surface area contributed by atoms with Crippen LogP contribution in [0.5, 0.6) is 0 Å². The molecule has 25 heavy (non-hydrogen) atoms. The maximum atomic E-state index is 13.2. The van der Waals surface area contributed by atoms with Crippen LogP contribution in [0.4, 0.5) is 0 Å². The fourth-order valence-corrected chi connectivity index (χ4v) is 5.51. The van der Waals surface area contributed by atoms with Crippen molar-refractivity contribution in [1.29, 1.82) is 0 Å². The van der Waals surface area contributed by atoms with E-state index in [9.17, 15) is 8.42 Å². The number of nitrogens with one attached hydrogen (secondary N) is 1. The van der Waals surface area contributed by atoms with Gasteiger partial charge in [-0.15, -0.1) is 0 Å². The molecule has 1 N–H and O–H groups in total. The summed E-state index contributed by atoms with van der Waals surface area (Å²) in [6.45, 7) is 4.35. The van der Waals surface area contributed by atoms with Gasteiger partial charge in [-0.1, -0.05) is 29.8 Å². The third-order valence-electron chi connectivity index (χ3n) is 4.84. The van der Waals surface area contributed by atoms with Crippen LogP contribution in [-0.4, -0.2) is 29.2 Å². The van der Waals surface area contributed by atoms with Crippen LogP contribution in [0.15, 0.2) is 47.4 Å². The molecular weight excluding hydrogens is 334 g/mol. The van der Waals surface area contributed by atoms with Gasteiger partial charge in [0.15, 0.2) is 0 Å². The molecule has 1 aliphatic heterocycles. The van der Waals surface area contributed by atoms with E-state index in [0.717, 1.165) is 40.8 Å². The van der Waals surface area contributed by atoms with Gasteiger partial charge in [-0.2, -0.15) is 4.31 Å². The molecule has 0 bridgehead atoms. The maximum absolute atomic E-state index is 13.2. The molecule has 0 radical (unpaired) electrons. The molecule has 1 fully saturated rings. The fraction of sp³-hybridized carbons (Fsp3) is 0.316. The van der Waals surface area contributed by atoms with Crippen LogP contribution >= 0.6 is 0 Å². The van der Waals surface area contributed by atoms with Crippen molar-refractivity contribution in [1.82, 2.24) is 14.3 Å². The Morgan fingerprint density at radius 2 is 1.96 bits per heavy atom. The van der Waals surface area contributed by atoms with Crippen LogP contribution in [-0.2, 0) is 10.0 Å². The largest absolute Gasteiger partial charge is 0.341 e. The summed E-state index contributed by atoms with van der Waals surface area (Å²) < 4.78 is 28.1. The van der Waals surface area contributed by atoms with Crippen molar-refractivity contribution in [3.63, 3.8) is 0 Å². The van der Waals surface area contributed by atoms with Gasteiger partial charge in [0.2, 0.25) is 10.0 Å². The molecule has 130 valence electrons. The second-order valence-corrected chi connectivity index (χ2v) is 8.54. The van der Waals surface area contributed by atoms with Crippen LogP contribution < -0.4 is 0 Å². The zero-order valence-corrected chi connectivity index (χ0v) is 15.2. The van der Waals surface area contributed by atoms with Gasteiger partial charge in [-0.25, -0.2) is 13.4 Å². The van der Waals surface area contributed by atoms with Crippen molar-refractivity contribution in [3.8, 4) is 0 Å². The molecule has 6 heteroatoms. The number of H-pyrrole nitrogens is 1. The van der Waals surface area contributed by atoms with Gasteiger partial charge < -0.3 is 4.98 Å². The first kappa shape index (κ1) is 16.3. The summed E-state index contributed by atoms with van der Waals surface area (Å²) in [6.07, 6.45) is 1.62. The Morgan fingerprint density at radius 3 is 2.72 bits per heavy atom. The Labute approximate surface area is 147 Å². The molecule has 2 aromatic carbocycles. The monoisotopic (exact) mass is 355 g/mol. The standard InChI is InChI=1S/C19H21N3O2S/c1-13-9-10-18(14(2)12-13)25(23,24)22-11-5-8-17(22)19-20-15-6-3-4-7-16(15)21-19/h3-4,6-7,9-10,12,17H,5,8,11H2,1-2H3,(H,20,21)/t17-/m0/s1. The highest BCUT2D eigenvalue weighted by atomic mass is 32.2. The number of hydrogen-bond donors (Lipinski definition) is 1. The zero-order valence-electron chi connectivity index (χ0n) is 14.4. The van der Waals surface area contributed by atoms with Gasteiger partial charge in [0.25, 0.3) is 0 Å². The van der Waals surface area contributed by atoms with E-state index in [1.807, 2.05) is 50.2 Å². The Bertz CT molecular complexity index is 1010. The fourth-order valence-electron chi connectivity index (χ4n) is 3.65. The number of benzene rings is 2. The summed E-state index contributed by atoms with van der Waals surface area (Å²) in [5.41, 5.74) is 3.66. The number of para-hydroxylation sites is 2. The van der Waals surface area contributed by atoms with Crippen molar-refractivity contribution in [2.24, 2.45) is 0 Å². The second-order valence-electron chi connectivity index (χ2n) is 6.68. The summed E-state index contributed by atoms with van der Waals surface area (Å²) in [5.74, 6) is 0.729. The average molecular weight is 355 g/mol. The van der Waals surface area contributed by atoms with E-state index in [0.29, 0.717) is 11.4 Å². The molecule has 0 saturated carbocycles. The van der Waals surface area contributed by atoms with E-state index in [-0.39, 0.29) is 6.04 Å². The van der Waals surface area contributed by atoms with E-state index in [1.54, 1.807) is 10.4 Å². The topological polar surface area (TPSA) is 66.1 Å². The first-order valence-electron chi connectivity index (χ1n) is 8.50. The molecule has 0 amide bonds. The van der Waals surface area contributed by atoms with E-state index in [1.165, 1.54) is 0 Å². The predicted molar refractivity (Wildman–Crippen MR) is 97.9 cm³/mol. The highest BCUT2D eigenvalue weighted by Gasteiger charge is 2.38. The summed E-state index contributed by atoms with van der Waals surface area (Å²) in [6, 6.07) is 13.0. The minimum atomic E-state index is -3.55. The van der Waals surface area contributed by atoms with Crippen molar-refractivity contribution >= 4 is 21.1 Å². The SMILES string of the molecule is Cc1ccc(S(=O)(=O)N2CCC[C@H]2c2nc3ccccc3[nH]2)c(C)c1. The van der Waals surface area contributed by atoms with Gasteiger partial charge in [0, 0.05) is 6.54 Å². The lowest BCUT2D eigenvalue weighted by Crippen LogP contribution is -2.31. The third kappa shape index (κ3) is 2.75. The quantitative estimate of drug-likeness (QED) is 0.779. The van der Waals surface area contributed by atoms with Crippen LogP contribution in [0.3, 0.4) is 0 Å². The van der Waals surface area contributed by atoms with Crippen molar-refractivity contribution in [2.45, 2.75) is 37.6 Å². The van der Waals surface area contributed by atoms with Gasteiger partial charge in [0.05, 0.1) is 22.0 Å². The normalized spacial score (nSPS) is 18.9. The van der Waals surface area contributed by atoms with Crippen molar-refractivity contribution in [3.05, 3.63) is 59.4 Å². The number of rotatable bonds is 3. The number of fused-ring (bicyclic) bond motifs is 1. The van der Waals surface area contributed by atoms with Crippen LogP contribution in [0, 0.1) is 13.8 Å². The average Bonchev–Trinajstić information content (AvgIpc) is 3.21. The molecule has 2 heterocycles. The molecule has 0 unspecified atom stereocenters. The molecular formula is C19H21N3O2S. The summed E-state index contributed by atoms with van der Waals surface area (Å²) in [5, 5.41) is 0. The van der Waals surface area contributed by atoms with Gasteiger partial charge in [-0.3, -0.25) is 0 Å². The van der Waals surface area contributed by atoms with Crippen LogP contribution in [0.1, 0.15) is 35.8 Å². The lowest BCUT2D eigenvalue weighted by molar-refractivity contribution is 0.385. The predicted octanol–water partition coefficient (Wildman–Crippen LogP) is 3.71. The minimum absolute atomic E-state index is 0.238. The number of nitrogens with zero attached hydrogens (tertiary/aromatic N) is 2. The lowest BCUT2D eigenvalue weighted by atomic mass is 10.2. The Balaban J connectivity index is 1.75. The van der Waals surface area contributed by atoms with Gasteiger partial charge in [-0.05, 0) is 50.5 Å². The highest BCUT2D eigenvalue weighted by molar-refractivity contribution is 7.89. The number of aromatic nitrogens is 2. The molecule has 4 rings (SSSR count). The van der Waals surface area contributed by atoms with Gasteiger partial charge in [0.1, 0.15) is 5.82 Å². The molecule has 1 atom stereocenters.